The molecule has 0 atom stereocenters. The lowest BCUT2D eigenvalue weighted by atomic mass is 10.1. The van der Waals surface area contributed by atoms with Crippen LogP contribution in [0.5, 0.6) is 0 Å². The van der Waals surface area contributed by atoms with Gasteiger partial charge in [0.1, 0.15) is 0 Å². The number of fused-ring (bicyclic) bond motifs is 1. The summed E-state index contributed by atoms with van der Waals surface area (Å²) in [6.07, 6.45) is 0. The van der Waals surface area contributed by atoms with Gasteiger partial charge >= 0.3 is 0 Å². The minimum absolute atomic E-state index is 0.200. The first-order valence-electron chi connectivity index (χ1n) is 6.81. The summed E-state index contributed by atoms with van der Waals surface area (Å²) in [7, 11) is 0. The van der Waals surface area contributed by atoms with Crippen molar-refractivity contribution in [1.82, 2.24) is 4.90 Å². The Morgan fingerprint density at radius 2 is 1.85 bits per heavy atom. The third-order valence-corrected chi connectivity index (χ3v) is 4.52. The molecule has 2 aromatic carbocycles. The number of carbonyl (C=O) groups excluding carboxylic acids is 1. The third-order valence-electron chi connectivity index (χ3n) is 3.46. The minimum Gasteiger partial charge on any atom is -0.378 e. The third kappa shape index (κ3) is 2.97. The summed E-state index contributed by atoms with van der Waals surface area (Å²) in [6.45, 7) is 2.75. The van der Waals surface area contributed by atoms with Crippen LogP contribution in [0.3, 0.4) is 0 Å². The Labute approximate surface area is 122 Å². The summed E-state index contributed by atoms with van der Waals surface area (Å²) in [5.74, 6) is 0.694. The molecule has 0 radical (unpaired) electrons. The Balaban J connectivity index is 1.69. The second kappa shape index (κ2) is 6.29. The molecule has 1 heterocycles. The maximum atomic E-state index is 12.2. The average Bonchev–Trinajstić information content (AvgIpc) is 2.53. The number of thioether (sulfide) groups is 1. The molecule has 0 aliphatic carbocycles. The predicted molar refractivity (Wildman–Crippen MR) is 82.1 cm³/mol. The van der Waals surface area contributed by atoms with Gasteiger partial charge in [-0.2, -0.15) is 0 Å². The van der Waals surface area contributed by atoms with Gasteiger partial charge in [0, 0.05) is 18.0 Å². The van der Waals surface area contributed by atoms with Crippen molar-refractivity contribution in [2.45, 2.75) is 4.90 Å². The monoisotopic (exact) mass is 287 g/mol. The maximum Gasteiger partial charge on any atom is 0.233 e. The molecule has 3 nitrogen and oxygen atoms in total. The van der Waals surface area contributed by atoms with E-state index in [4.69, 9.17) is 4.74 Å². The zero-order chi connectivity index (χ0) is 13.8. The molecule has 0 unspecified atom stereocenters. The normalized spacial score (nSPS) is 15.5. The van der Waals surface area contributed by atoms with Crippen LogP contribution in [0.2, 0.25) is 0 Å². The van der Waals surface area contributed by atoms with Gasteiger partial charge in [-0.05, 0) is 16.8 Å². The van der Waals surface area contributed by atoms with Crippen molar-refractivity contribution in [1.29, 1.82) is 0 Å². The molecule has 0 spiro atoms. The number of morpholine rings is 1. The first kappa shape index (κ1) is 13.5. The van der Waals surface area contributed by atoms with Gasteiger partial charge < -0.3 is 9.64 Å². The van der Waals surface area contributed by atoms with Gasteiger partial charge in [-0.15, -0.1) is 11.8 Å². The first-order chi connectivity index (χ1) is 9.84. The fraction of sp³-hybridized carbons (Fsp3) is 0.312. The van der Waals surface area contributed by atoms with E-state index >= 15 is 0 Å². The molecule has 1 amide bonds. The molecule has 1 fully saturated rings. The number of nitrogens with zero attached hydrogens (tertiary/aromatic N) is 1. The van der Waals surface area contributed by atoms with E-state index in [2.05, 4.69) is 24.3 Å². The number of benzene rings is 2. The highest BCUT2D eigenvalue weighted by Crippen LogP contribution is 2.27. The summed E-state index contributed by atoms with van der Waals surface area (Å²) in [4.78, 5) is 15.2. The average molecular weight is 287 g/mol. The van der Waals surface area contributed by atoms with E-state index in [0.29, 0.717) is 19.0 Å². The van der Waals surface area contributed by atoms with Crippen LogP contribution in [0.25, 0.3) is 10.8 Å². The molecule has 1 aliphatic rings. The SMILES string of the molecule is O=C(CSc1cccc2ccccc12)N1CCOCC1. The van der Waals surface area contributed by atoms with Crippen molar-refractivity contribution in [2.24, 2.45) is 0 Å². The van der Waals surface area contributed by atoms with E-state index in [9.17, 15) is 4.79 Å². The Morgan fingerprint density at radius 1 is 1.10 bits per heavy atom. The van der Waals surface area contributed by atoms with E-state index in [1.807, 2.05) is 23.1 Å². The van der Waals surface area contributed by atoms with Crippen LogP contribution < -0.4 is 0 Å². The Bertz CT molecular complexity index is 603. The summed E-state index contributed by atoms with van der Waals surface area (Å²) >= 11 is 1.62. The molecular formula is C16H17NO2S. The summed E-state index contributed by atoms with van der Waals surface area (Å²) in [6, 6.07) is 14.5. The van der Waals surface area contributed by atoms with Gasteiger partial charge in [0.15, 0.2) is 0 Å². The molecule has 0 saturated carbocycles. The highest BCUT2D eigenvalue weighted by atomic mass is 32.2. The number of hydrogen-bond donors (Lipinski definition) is 0. The molecule has 3 rings (SSSR count). The van der Waals surface area contributed by atoms with Gasteiger partial charge in [-0.3, -0.25) is 4.79 Å². The van der Waals surface area contributed by atoms with Crippen molar-refractivity contribution < 1.29 is 9.53 Å². The van der Waals surface area contributed by atoms with E-state index in [-0.39, 0.29) is 5.91 Å². The van der Waals surface area contributed by atoms with Crippen LogP contribution in [0.1, 0.15) is 0 Å². The molecule has 104 valence electrons. The smallest absolute Gasteiger partial charge is 0.233 e. The topological polar surface area (TPSA) is 29.5 Å². The maximum absolute atomic E-state index is 12.2. The lowest BCUT2D eigenvalue weighted by Gasteiger charge is -2.26. The molecule has 1 aliphatic heterocycles. The van der Waals surface area contributed by atoms with Crippen molar-refractivity contribution >= 4 is 28.4 Å². The van der Waals surface area contributed by atoms with Gasteiger partial charge in [-0.1, -0.05) is 36.4 Å². The predicted octanol–water partition coefficient (Wildman–Crippen LogP) is 2.79. The Kier molecular flexibility index (Phi) is 4.23. The number of rotatable bonds is 3. The Morgan fingerprint density at radius 3 is 2.70 bits per heavy atom. The van der Waals surface area contributed by atoms with Crippen LogP contribution >= 0.6 is 11.8 Å². The highest BCUT2D eigenvalue weighted by Gasteiger charge is 2.16. The van der Waals surface area contributed by atoms with Crippen LogP contribution in [0.4, 0.5) is 0 Å². The van der Waals surface area contributed by atoms with Crippen molar-refractivity contribution in [3.63, 3.8) is 0 Å². The number of amides is 1. The van der Waals surface area contributed by atoms with E-state index < -0.39 is 0 Å². The molecule has 2 aromatic rings. The highest BCUT2D eigenvalue weighted by molar-refractivity contribution is 8.00. The number of ether oxygens (including phenoxy) is 1. The van der Waals surface area contributed by atoms with Gasteiger partial charge in [-0.25, -0.2) is 0 Å². The van der Waals surface area contributed by atoms with Crippen molar-refractivity contribution in [3.8, 4) is 0 Å². The van der Waals surface area contributed by atoms with E-state index in [1.54, 1.807) is 11.8 Å². The number of carbonyl (C=O) groups is 1. The largest absolute Gasteiger partial charge is 0.378 e. The van der Waals surface area contributed by atoms with Crippen molar-refractivity contribution in [3.05, 3.63) is 42.5 Å². The molecule has 20 heavy (non-hydrogen) atoms. The fourth-order valence-electron chi connectivity index (χ4n) is 2.37. The zero-order valence-electron chi connectivity index (χ0n) is 11.2. The van der Waals surface area contributed by atoms with Crippen molar-refractivity contribution in [2.75, 3.05) is 32.1 Å². The molecule has 0 N–H and O–H groups in total. The summed E-state index contributed by atoms with van der Waals surface area (Å²) < 4.78 is 5.27. The minimum atomic E-state index is 0.200. The number of hydrogen-bond acceptors (Lipinski definition) is 3. The molecular weight excluding hydrogens is 270 g/mol. The zero-order valence-corrected chi connectivity index (χ0v) is 12.1. The second-order valence-electron chi connectivity index (χ2n) is 4.76. The first-order valence-corrected chi connectivity index (χ1v) is 7.79. The van der Waals surface area contributed by atoms with Gasteiger partial charge in [0.2, 0.25) is 5.91 Å². The van der Waals surface area contributed by atoms with Crippen LogP contribution in [-0.4, -0.2) is 42.9 Å². The lowest BCUT2D eigenvalue weighted by molar-refractivity contribution is -0.132. The van der Waals surface area contributed by atoms with Gasteiger partial charge in [0.05, 0.1) is 19.0 Å². The molecule has 0 aromatic heterocycles. The summed E-state index contributed by atoms with van der Waals surface area (Å²) in [5.41, 5.74) is 0. The van der Waals surface area contributed by atoms with Crippen LogP contribution in [-0.2, 0) is 9.53 Å². The lowest BCUT2D eigenvalue weighted by Crippen LogP contribution is -2.41. The van der Waals surface area contributed by atoms with E-state index in [1.165, 1.54) is 15.7 Å². The standard InChI is InChI=1S/C16H17NO2S/c18-16(17-8-10-19-11-9-17)12-20-15-7-3-5-13-4-1-2-6-14(13)15/h1-7H,8-12H2. The second-order valence-corrected chi connectivity index (χ2v) is 5.78. The molecule has 1 saturated heterocycles. The Hall–Kier alpha value is -1.52. The molecule has 4 heteroatoms. The fourth-order valence-corrected chi connectivity index (χ4v) is 3.34. The molecule has 0 bridgehead atoms. The summed E-state index contributed by atoms with van der Waals surface area (Å²) in [5, 5.41) is 2.44. The quantitative estimate of drug-likeness (QED) is 0.813. The van der Waals surface area contributed by atoms with Gasteiger partial charge in [0.25, 0.3) is 0 Å². The van der Waals surface area contributed by atoms with Crippen LogP contribution in [0, 0.1) is 0 Å². The van der Waals surface area contributed by atoms with E-state index in [0.717, 1.165) is 13.1 Å². The van der Waals surface area contributed by atoms with Crippen LogP contribution in [0.15, 0.2) is 47.4 Å².